The van der Waals surface area contributed by atoms with Gasteiger partial charge >= 0.3 is 18.2 Å². The average Bonchev–Trinajstić information content (AvgIpc) is 2.67. The van der Waals surface area contributed by atoms with Gasteiger partial charge in [-0.1, -0.05) is 5.16 Å². The monoisotopic (exact) mass is 243 g/mol. The first kappa shape index (κ1) is 12.8. The van der Waals surface area contributed by atoms with Gasteiger partial charge < -0.3 is 15.0 Å². The second-order valence-corrected chi connectivity index (χ2v) is 2.94. The van der Waals surface area contributed by atoms with E-state index in [0.717, 1.165) is 0 Å². The molecule has 0 aliphatic heterocycles. The van der Waals surface area contributed by atoms with E-state index in [0.29, 0.717) is 0 Å². The quantitative estimate of drug-likeness (QED) is 0.783. The molecule has 92 valence electrons. The number of hydrogen-bond acceptors (Lipinski definition) is 5. The van der Waals surface area contributed by atoms with Gasteiger partial charge in [-0.25, -0.2) is 8.78 Å². The highest BCUT2D eigenvalue weighted by Gasteiger charge is 2.48. The summed E-state index contributed by atoms with van der Waals surface area (Å²) in [5, 5.41) is 3.08. The molecule has 0 saturated heterocycles. The molecule has 0 saturated carbocycles. The molecular formula is C7H9F4N3O2. The first-order valence-corrected chi connectivity index (χ1v) is 4.14. The molecule has 0 bridgehead atoms. The molecule has 0 amide bonds. The van der Waals surface area contributed by atoms with Crippen molar-refractivity contribution in [2.45, 2.75) is 18.4 Å². The van der Waals surface area contributed by atoms with Gasteiger partial charge in [0.2, 0.25) is 0 Å². The summed E-state index contributed by atoms with van der Waals surface area (Å²) in [6.07, 6.45) is -3.92. The zero-order valence-electron chi connectivity index (χ0n) is 8.16. The fraction of sp³-hybridized carbons (Fsp3) is 0.714. The highest BCUT2D eigenvalue weighted by molar-refractivity contribution is 4.98. The van der Waals surface area contributed by atoms with E-state index in [-0.39, 0.29) is 12.4 Å². The van der Waals surface area contributed by atoms with E-state index >= 15 is 0 Å². The Labute approximate surface area is 87.6 Å². The maximum atomic E-state index is 12.7. The van der Waals surface area contributed by atoms with Crippen molar-refractivity contribution in [3.63, 3.8) is 0 Å². The van der Waals surface area contributed by atoms with Gasteiger partial charge in [-0.15, -0.1) is 0 Å². The van der Waals surface area contributed by atoms with Gasteiger partial charge in [0.15, 0.2) is 5.82 Å². The molecule has 0 fully saturated rings. The first-order valence-electron chi connectivity index (χ1n) is 4.14. The molecule has 0 radical (unpaired) electrons. The lowest BCUT2D eigenvalue weighted by atomic mass is 10.3. The van der Waals surface area contributed by atoms with Gasteiger partial charge in [0.1, 0.15) is 0 Å². The molecule has 1 aromatic rings. The van der Waals surface area contributed by atoms with Crippen molar-refractivity contribution in [1.82, 2.24) is 10.1 Å². The van der Waals surface area contributed by atoms with E-state index in [9.17, 15) is 17.6 Å². The van der Waals surface area contributed by atoms with Crippen molar-refractivity contribution in [1.29, 1.82) is 0 Å². The van der Waals surface area contributed by atoms with E-state index in [1.165, 1.54) is 7.11 Å². The van der Waals surface area contributed by atoms with E-state index in [1.54, 1.807) is 0 Å². The molecule has 1 atom stereocenters. The van der Waals surface area contributed by atoms with E-state index in [4.69, 9.17) is 5.73 Å². The van der Waals surface area contributed by atoms with Crippen LogP contribution in [0.1, 0.15) is 17.8 Å². The second kappa shape index (κ2) is 4.74. The average molecular weight is 243 g/mol. The van der Waals surface area contributed by atoms with Crippen LogP contribution in [0.5, 0.6) is 0 Å². The third-order valence-corrected chi connectivity index (χ3v) is 1.68. The zero-order valence-corrected chi connectivity index (χ0v) is 8.16. The molecule has 1 heterocycles. The van der Waals surface area contributed by atoms with Crippen LogP contribution in [-0.4, -0.2) is 30.3 Å². The fourth-order valence-corrected chi connectivity index (χ4v) is 0.868. The van der Waals surface area contributed by atoms with Crippen molar-refractivity contribution < 1.29 is 26.8 Å². The maximum Gasteiger partial charge on any atom is 0.383 e. The number of rotatable bonds is 5. The van der Waals surface area contributed by atoms with Gasteiger partial charge in [0, 0.05) is 7.11 Å². The summed E-state index contributed by atoms with van der Waals surface area (Å²) in [5.74, 6) is -6.24. The molecule has 0 spiro atoms. The Morgan fingerprint density at radius 3 is 2.62 bits per heavy atom. The first-order chi connectivity index (χ1) is 7.39. The summed E-state index contributed by atoms with van der Waals surface area (Å²) < 4.78 is 57.9. The number of nitrogens with zero attached hydrogens (tertiary/aromatic N) is 2. The second-order valence-electron chi connectivity index (χ2n) is 2.94. The molecule has 1 aromatic heterocycles. The largest absolute Gasteiger partial charge is 0.383 e. The Kier molecular flexibility index (Phi) is 3.81. The Bertz CT molecular complexity index is 344. The molecule has 0 aliphatic rings. The summed E-state index contributed by atoms with van der Waals surface area (Å²) in [5.41, 5.74) is 5.40. The molecule has 0 aromatic carbocycles. The SMILES string of the molecule is COCC(N)c1noc(C(F)(F)C(F)F)n1. The summed E-state index contributed by atoms with van der Waals surface area (Å²) in [7, 11) is 1.33. The maximum absolute atomic E-state index is 12.7. The Hall–Kier alpha value is -1.22. The lowest BCUT2D eigenvalue weighted by molar-refractivity contribution is -0.152. The third kappa shape index (κ3) is 2.47. The number of nitrogens with two attached hydrogens (primary N) is 1. The fourth-order valence-electron chi connectivity index (χ4n) is 0.868. The van der Waals surface area contributed by atoms with Crippen molar-refractivity contribution in [2.75, 3.05) is 13.7 Å². The van der Waals surface area contributed by atoms with Crippen LogP contribution in [0.15, 0.2) is 4.52 Å². The van der Waals surface area contributed by atoms with E-state index in [1.807, 2.05) is 0 Å². The third-order valence-electron chi connectivity index (χ3n) is 1.68. The number of alkyl halides is 4. The van der Waals surface area contributed by atoms with Crippen LogP contribution in [0.4, 0.5) is 17.6 Å². The minimum absolute atomic E-state index is 0.0424. The van der Waals surface area contributed by atoms with Crippen LogP contribution in [-0.2, 0) is 10.7 Å². The number of aromatic nitrogens is 2. The predicted molar refractivity (Wildman–Crippen MR) is 43.0 cm³/mol. The molecular weight excluding hydrogens is 234 g/mol. The number of methoxy groups -OCH3 is 1. The summed E-state index contributed by atoms with van der Waals surface area (Å²) >= 11 is 0. The van der Waals surface area contributed by atoms with E-state index in [2.05, 4.69) is 19.4 Å². The molecule has 0 aliphatic carbocycles. The molecule has 9 heteroatoms. The zero-order chi connectivity index (χ0) is 12.3. The lowest BCUT2D eigenvalue weighted by Gasteiger charge is -2.09. The summed E-state index contributed by atoms with van der Waals surface area (Å²) in [6.45, 7) is -0.0424. The molecule has 5 nitrogen and oxygen atoms in total. The minimum Gasteiger partial charge on any atom is -0.383 e. The number of ether oxygens (including phenoxy) is 1. The van der Waals surface area contributed by atoms with Gasteiger partial charge in [-0.3, -0.25) is 0 Å². The predicted octanol–water partition coefficient (Wildman–Crippen LogP) is 1.07. The van der Waals surface area contributed by atoms with Gasteiger partial charge in [-0.2, -0.15) is 13.8 Å². The topological polar surface area (TPSA) is 74.2 Å². The normalized spacial score (nSPS) is 14.4. The number of halogens is 4. The van der Waals surface area contributed by atoms with Crippen LogP contribution in [0.2, 0.25) is 0 Å². The van der Waals surface area contributed by atoms with Crippen molar-refractivity contribution in [3.05, 3.63) is 11.7 Å². The van der Waals surface area contributed by atoms with Crippen molar-refractivity contribution >= 4 is 0 Å². The Balaban J connectivity index is 2.86. The van der Waals surface area contributed by atoms with Crippen LogP contribution < -0.4 is 5.73 Å². The van der Waals surface area contributed by atoms with Gasteiger partial charge in [0.25, 0.3) is 0 Å². The van der Waals surface area contributed by atoms with Crippen LogP contribution in [0.3, 0.4) is 0 Å². The lowest BCUT2D eigenvalue weighted by Crippen LogP contribution is -2.24. The van der Waals surface area contributed by atoms with Crippen LogP contribution in [0, 0.1) is 0 Å². The van der Waals surface area contributed by atoms with Gasteiger partial charge in [-0.05, 0) is 0 Å². The Morgan fingerprint density at radius 2 is 2.12 bits per heavy atom. The highest BCUT2D eigenvalue weighted by atomic mass is 19.3. The standard InChI is InChI=1S/C7H9F4N3O2/c1-15-2-3(12)4-13-6(16-14-4)7(10,11)5(8)9/h3,5H,2,12H2,1H3. The molecule has 16 heavy (non-hydrogen) atoms. The summed E-state index contributed by atoms with van der Waals surface area (Å²) in [6, 6.07) is -0.907. The van der Waals surface area contributed by atoms with Crippen molar-refractivity contribution in [2.24, 2.45) is 5.73 Å². The van der Waals surface area contributed by atoms with Gasteiger partial charge in [0.05, 0.1) is 12.6 Å². The smallest absolute Gasteiger partial charge is 0.383 e. The molecule has 1 rings (SSSR count). The minimum atomic E-state index is -4.47. The number of hydrogen-bond donors (Lipinski definition) is 1. The van der Waals surface area contributed by atoms with Crippen molar-refractivity contribution in [3.8, 4) is 0 Å². The molecule has 2 N–H and O–H groups in total. The Morgan fingerprint density at radius 1 is 1.50 bits per heavy atom. The summed E-state index contributed by atoms with van der Waals surface area (Å²) in [4.78, 5) is 3.11. The highest BCUT2D eigenvalue weighted by Crippen LogP contribution is 2.33. The molecule has 1 unspecified atom stereocenters. The van der Waals surface area contributed by atoms with Crippen LogP contribution >= 0.6 is 0 Å². The van der Waals surface area contributed by atoms with E-state index < -0.39 is 24.3 Å². The van der Waals surface area contributed by atoms with Crippen LogP contribution in [0.25, 0.3) is 0 Å².